The Hall–Kier alpha value is -0.0400. The molecule has 0 aliphatic carbocycles. The molecule has 1 saturated heterocycles. The predicted molar refractivity (Wildman–Crippen MR) is 98.3 cm³/mol. The van der Waals surface area contributed by atoms with Crippen molar-refractivity contribution in [1.82, 2.24) is 0 Å². The Balaban J connectivity index is 1.78. The molecule has 0 amide bonds. The first-order valence-electron chi connectivity index (χ1n) is 6.74. The van der Waals surface area contributed by atoms with E-state index in [1.165, 1.54) is 4.88 Å². The molecular weight excluding hydrogens is 340 g/mol. The molecule has 3 unspecified atom stereocenters. The lowest BCUT2D eigenvalue weighted by molar-refractivity contribution is -0.142. The molecule has 0 spiro atoms. The Morgan fingerprint density at radius 2 is 2.43 bits per heavy atom. The maximum Gasteiger partial charge on any atom is 0.333 e. The van der Waals surface area contributed by atoms with Crippen molar-refractivity contribution < 1.29 is 9.53 Å². The number of thioether (sulfide) groups is 3. The number of esters is 1. The van der Waals surface area contributed by atoms with Gasteiger partial charge in [-0.3, -0.25) is 0 Å². The highest BCUT2D eigenvalue weighted by Crippen LogP contribution is 2.58. The molecule has 3 atom stereocenters. The molecule has 0 radical (unpaired) electrons. The predicted octanol–water partition coefficient (Wildman–Crippen LogP) is 4.97. The van der Waals surface area contributed by atoms with Gasteiger partial charge in [0.15, 0.2) is 0 Å². The molecule has 1 aliphatic heterocycles. The number of carbonyl (C=O) groups is 1. The summed E-state index contributed by atoms with van der Waals surface area (Å²) in [5, 5.41) is 2.14. The van der Waals surface area contributed by atoms with Crippen molar-refractivity contribution in [3.63, 3.8) is 0 Å². The van der Waals surface area contributed by atoms with Crippen LogP contribution in [-0.4, -0.2) is 28.2 Å². The molecule has 0 aromatic carbocycles. The minimum atomic E-state index is -0.292. The Morgan fingerprint density at radius 3 is 3.05 bits per heavy atom. The summed E-state index contributed by atoms with van der Waals surface area (Å²) in [6.45, 7) is 9.53. The van der Waals surface area contributed by atoms with Crippen LogP contribution >= 0.6 is 46.6 Å². The molecule has 2 rings (SSSR count). The second-order valence-corrected chi connectivity index (χ2v) is 10.9. The van der Waals surface area contributed by atoms with Gasteiger partial charge in [0.2, 0.25) is 0 Å². The summed E-state index contributed by atoms with van der Waals surface area (Å²) >= 11 is 7.74. The second kappa shape index (κ2) is 7.49. The van der Waals surface area contributed by atoms with Crippen LogP contribution in [0.1, 0.15) is 25.6 Å². The molecule has 0 N–H and O–H groups in total. The molecule has 0 bridgehead atoms. The highest BCUT2D eigenvalue weighted by Gasteiger charge is 2.39. The van der Waals surface area contributed by atoms with E-state index in [0.717, 1.165) is 11.5 Å². The van der Waals surface area contributed by atoms with Gasteiger partial charge in [-0.05, 0) is 32.2 Å². The van der Waals surface area contributed by atoms with Gasteiger partial charge < -0.3 is 4.74 Å². The minimum absolute atomic E-state index is 0.0709. The Morgan fingerprint density at radius 1 is 1.67 bits per heavy atom. The highest BCUT2D eigenvalue weighted by atomic mass is 32.2. The van der Waals surface area contributed by atoms with Gasteiger partial charge in [0.25, 0.3) is 0 Å². The molecule has 2 nitrogen and oxygen atoms in total. The zero-order valence-electron chi connectivity index (χ0n) is 12.5. The summed E-state index contributed by atoms with van der Waals surface area (Å²) in [5.74, 6) is 1.67. The third-order valence-electron chi connectivity index (χ3n) is 2.99. The molecule has 1 aliphatic rings. The quantitative estimate of drug-likeness (QED) is 0.527. The lowest BCUT2D eigenvalue weighted by Crippen LogP contribution is -2.18. The van der Waals surface area contributed by atoms with Gasteiger partial charge in [0.05, 0.1) is 8.66 Å². The van der Waals surface area contributed by atoms with Crippen LogP contribution in [0.3, 0.4) is 0 Å². The molecule has 116 valence electrons. The van der Waals surface area contributed by atoms with Gasteiger partial charge in [-0.15, -0.1) is 46.6 Å². The largest absolute Gasteiger partial charge is 0.458 e. The van der Waals surface area contributed by atoms with Crippen LogP contribution in [0.5, 0.6) is 0 Å². The molecule has 6 heteroatoms. The maximum atomic E-state index is 11.5. The zero-order valence-corrected chi connectivity index (χ0v) is 15.7. The van der Waals surface area contributed by atoms with E-state index in [2.05, 4.69) is 31.0 Å². The molecule has 1 aromatic heterocycles. The minimum Gasteiger partial charge on any atom is -0.458 e. The number of carbonyl (C=O) groups excluding carboxylic acids is 1. The Labute approximate surface area is 143 Å². The van der Waals surface area contributed by atoms with Crippen molar-refractivity contribution in [3.8, 4) is 0 Å². The summed E-state index contributed by atoms with van der Waals surface area (Å²) < 4.78 is 6.04. The number of hydrogen-bond donors (Lipinski definition) is 0. The zero-order chi connectivity index (χ0) is 15.5. The number of ether oxygens (including phenoxy) is 1. The molecule has 1 aromatic rings. The van der Waals surface area contributed by atoms with Crippen LogP contribution in [0, 0.1) is 0 Å². The average Bonchev–Trinajstić information content (AvgIpc) is 3.06. The fourth-order valence-electron chi connectivity index (χ4n) is 1.85. The monoisotopic (exact) mass is 360 g/mol. The van der Waals surface area contributed by atoms with Crippen molar-refractivity contribution in [2.45, 2.75) is 35.5 Å². The van der Waals surface area contributed by atoms with E-state index in [-0.39, 0.29) is 16.2 Å². The third-order valence-corrected chi connectivity index (χ3v) is 9.67. The van der Waals surface area contributed by atoms with Gasteiger partial charge in [-0.25, -0.2) is 4.79 Å². The third kappa shape index (κ3) is 4.71. The van der Waals surface area contributed by atoms with E-state index in [1.54, 1.807) is 6.92 Å². The molecule has 2 heterocycles. The summed E-state index contributed by atoms with van der Waals surface area (Å²) in [7, 11) is 0. The van der Waals surface area contributed by atoms with E-state index in [9.17, 15) is 4.79 Å². The smallest absolute Gasteiger partial charge is 0.333 e. The molecular formula is C15H20O2S4. The second-order valence-electron chi connectivity index (χ2n) is 5.11. The number of thiophene rings is 1. The highest BCUT2D eigenvalue weighted by molar-refractivity contribution is 8.28. The van der Waals surface area contributed by atoms with Crippen LogP contribution < -0.4 is 0 Å². The van der Waals surface area contributed by atoms with Crippen LogP contribution in [-0.2, 0) is 13.6 Å². The van der Waals surface area contributed by atoms with Gasteiger partial charge >= 0.3 is 5.97 Å². The number of hydrogen-bond acceptors (Lipinski definition) is 6. The maximum absolute atomic E-state index is 11.5. The van der Waals surface area contributed by atoms with Gasteiger partial charge in [0.1, 0.15) is 6.10 Å². The lowest BCUT2D eigenvalue weighted by Gasteiger charge is -2.21. The Kier molecular flexibility index (Phi) is 6.17. The van der Waals surface area contributed by atoms with E-state index < -0.39 is 0 Å². The van der Waals surface area contributed by atoms with Gasteiger partial charge in [-0.1, -0.05) is 12.6 Å². The van der Waals surface area contributed by atoms with Crippen LogP contribution in [0.15, 0.2) is 29.7 Å². The molecule has 0 saturated carbocycles. The van der Waals surface area contributed by atoms with E-state index in [1.807, 2.05) is 53.5 Å². The van der Waals surface area contributed by atoms with Crippen LogP contribution in [0.4, 0.5) is 0 Å². The lowest BCUT2D eigenvalue weighted by atomic mass is 10.3. The van der Waals surface area contributed by atoms with Crippen molar-refractivity contribution in [1.29, 1.82) is 0 Å². The molecule has 21 heavy (non-hydrogen) atoms. The fourth-order valence-corrected chi connectivity index (χ4v) is 8.20. The topological polar surface area (TPSA) is 26.3 Å². The van der Waals surface area contributed by atoms with Crippen molar-refractivity contribution in [2.24, 2.45) is 0 Å². The summed E-state index contributed by atoms with van der Waals surface area (Å²) in [6, 6.07) is 4.33. The summed E-state index contributed by atoms with van der Waals surface area (Å²) in [5.41, 5.74) is 0.461. The first kappa shape index (κ1) is 17.3. The summed E-state index contributed by atoms with van der Waals surface area (Å²) in [6.07, 6.45) is -0.0709. The fraction of sp³-hybridized carbons (Fsp3) is 0.533. The first-order chi connectivity index (χ1) is 9.90. The van der Waals surface area contributed by atoms with Crippen molar-refractivity contribution in [2.75, 3.05) is 11.5 Å². The SMILES string of the molecule is C=C(C)C(=O)OC(C)CSC1CSC(C)(c2cccs2)S1. The van der Waals surface area contributed by atoms with E-state index in [4.69, 9.17) is 4.74 Å². The first-order valence-corrected chi connectivity index (χ1v) is 10.5. The van der Waals surface area contributed by atoms with Gasteiger partial charge in [0, 0.05) is 22.0 Å². The van der Waals surface area contributed by atoms with Gasteiger partial charge in [-0.2, -0.15) is 0 Å². The van der Waals surface area contributed by atoms with E-state index >= 15 is 0 Å². The van der Waals surface area contributed by atoms with Crippen molar-refractivity contribution >= 4 is 52.6 Å². The Bertz CT molecular complexity index is 500. The average molecular weight is 361 g/mol. The number of rotatable bonds is 6. The van der Waals surface area contributed by atoms with Crippen LogP contribution in [0.2, 0.25) is 0 Å². The summed E-state index contributed by atoms with van der Waals surface area (Å²) in [4.78, 5) is 12.9. The van der Waals surface area contributed by atoms with Crippen LogP contribution in [0.25, 0.3) is 0 Å². The normalized spacial score (nSPS) is 26.5. The van der Waals surface area contributed by atoms with Crippen molar-refractivity contribution in [3.05, 3.63) is 34.5 Å². The standard InChI is InChI=1S/C15H20O2S4/c1-10(2)14(16)17-11(3)8-19-13-9-20-15(4,21-13)12-6-5-7-18-12/h5-7,11,13H,1,8-9H2,2-4H3. The van der Waals surface area contributed by atoms with E-state index in [0.29, 0.717) is 10.2 Å². The molecule has 1 fully saturated rings.